The van der Waals surface area contributed by atoms with Crippen molar-refractivity contribution < 1.29 is 19.5 Å². The van der Waals surface area contributed by atoms with Gasteiger partial charge in [0.2, 0.25) is 11.5 Å². The summed E-state index contributed by atoms with van der Waals surface area (Å²) in [7, 11) is 0. The van der Waals surface area contributed by atoms with Gasteiger partial charge in [-0.15, -0.1) is 0 Å². The number of β-amino-alcohol motifs (C(OH)–C–C–N with tert-alkyl or cyclic N) is 2. The Morgan fingerprint density at radius 1 is 1.56 bits per heavy atom. The number of ketones is 1. The van der Waals surface area contributed by atoms with Gasteiger partial charge in [-0.1, -0.05) is 5.16 Å². The molecule has 0 saturated carbocycles. The Labute approximate surface area is 92.5 Å². The van der Waals surface area contributed by atoms with Gasteiger partial charge in [0.1, 0.15) is 0 Å². The molecule has 2 N–H and O–H groups in total. The van der Waals surface area contributed by atoms with Gasteiger partial charge in [-0.3, -0.25) is 9.69 Å². The average molecular weight is 226 g/mol. The van der Waals surface area contributed by atoms with Crippen molar-refractivity contribution >= 4 is 5.78 Å². The molecule has 1 aromatic rings. The van der Waals surface area contributed by atoms with Gasteiger partial charge in [-0.2, -0.15) is 0 Å². The molecule has 2 rings (SSSR count). The van der Waals surface area contributed by atoms with E-state index in [1.165, 1.54) is 0 Å². The second kappa shape index (κ2) is 4.32. The quantitative estimate of drug-likeness (QED) is 0.656. The molecule has 2 unspecified atom stereocenters. The summed E-state index contributed by atoms with van der Waals surface area (Å²) < 4.78 is 4.84. The summed E-state index contributed by atoms with van der Waals surface area (Å²) in [5, 5.41) is 22.3. The fourth-order valence-corrected chi connectivity index (χ4v) is 1.75. The monoisotopic (exact) mass is 226 g/mol. The predicted molar refractivity (Wildman–Crippen MR) is 54.0 cm³/mol. The van der Waals surface area contributed by atoms with Gasteiger partial charge in [-0.05, 0) is 6.92 Å². The van der Waals surface area contributed by atoms with E-state index in [-0.39, 0.29) is 18.1 Å². The lowest BCUT2D eigenvalue weighted by molar-refractivity contribution is 0.0572. The highest BCUT2D eigenvalue weighted by Crippen LogP contribution is 2.11. The number of hydrogen-bond acceptors (Lipinski definition) is 6. The van der Waals surface area contributed by atoms with Crippen molar-refractivity contribution in [2.24, 2.45) is 0 Å². The topological polar surface area (TPSA) is 86.8 Å². The van der Waals surface area contributed by atoms with Crippen molar-refractivity contribution in [1.29, 1.82) is 0 Å². The first kappa shape index (κ1) is 11.3. The molecule has 16 heavy (non-hydrogen) atoms. The minimum Gasteiger partial charge on any atom is -0.389 e. The number of nitrogens with zero attached hydrogens (tertiary/aromatic N) is 2. The summed E-state index contributed by atoms with van der Waals surface area (Å²) in [5.41, 5.74) is 0.657. The van der Waals surface area contributed by atoms with Crippen LogP contribution in [0.1, 0.15) is 16.2 Å². The number of likely N-dealkylation sites (tertiary alicyclic amines) is 1. The largest absolute Gasteiger partial charge is 0.389 e. The Bertz CT molecular complexity index is 380. The number of aryl methyl sites for hydroxylation is 1. The molecule has 88 valence electrons. The third-order valence-electron chi connectivity index (χ3n) is 2.60. The molecule has 0 amide bonds. The number of aliphatic hydroxyl groups is 2. The molecule has 0 aromatic carbocycles. The van der Waals surface area contributed by atoms with E-state index in [1.54, 1.807) is 17.9 Å². The summed E-state index contributed by atoms with van der Waals surface area (Å²) in [4.78, 5) is 13.4. The van der Waals surface area contributed by atoms with Crippen LogP contribution in [0, 0.1) is 6.92 Å². The lowest BCUT2D eigenvalue weighted by Crippen LogP contribution is -2.28. The van der Waals surface area contributed by atoms with E-state index in [0.717, 1.165) is 0 Å². The fraction of sp³-hybridized carbons (Fsp3) is 0.600. The average Bonchev–Trinajstić information content (AvgIpc) is 2.75. The molecule has 2 atom stereocenters. The number of aromatic nitrogens is 1. The third kappa shape index (κ3) is 2.29. The maximum atomic E-state index is 11.7. The van der Waals surface area contributed by atoms with Crippen molar-refractivity contribution in [3.63, 3.8) is 0 Å². The molecule has 0 aliphatic carbocycles. The zero-order chi connectivity index (χ0) is 11.7. The highest BCUT2D eigenvalue weighted by Gasteiger charge is 2.31. The summed E-state index contributed by atoms with van der Waals surface area (Å²) in [5.74, 6) is 0.0234. The first-order valence-corrected chi connectivity index (χ1v) is 5.11. The summed E-state index contributed by atoms with van der Waals surface area (Å²) in [6, 6.07) is 1.57. The molecule has 0 radical (unpaired) electrons. The van der Waals surface area contributed by atoms with Gasteiger partial charge in [0.15, 0.2) is 0 Å². The van der Waals surface area contributed by atoms with E-state index in [4.69, 9.17) is 4.52 Å². The molecule has 1 saturated heterocycles. The molecule has 1 aromatic heterocycles. The number of rotatable bonds is 3. The molecule has 1 aliphatic heterocycles. The maximum Gasteiger partial charge on any atom is 0.214 e. The Kier molecular flexibility index (Phi) is 3.04. The van der Waals surface area contributed by atoms with Crippen LogP contribution < -0.4 is 0 Å². The maximum absolute atomic E-state index is 11.7. The lowest BCUT2D eigenvalue weighted by Gasteiger charge is -2.11. The standard InChI is InChI=1S/C10H14N2O4/c1-6-2-10(16-11-6)9(15)5-12-3-7(13)8(14)4-12/h2,7-8,13-14H,3-5H2,1H3. The van der Waals surface area contributed by atoms with Gasteiger partial charge < -0.3 is 14.7 Å². The van der Waals surface area contributed by atoms with E-state index >= 15 is 0 Å². The van der Waals surface area contributed by atoms with Crippen LogP contribution in [0.15, 0.2) is 10.6 Å². The minimum absolute atomic E-state index is 0.128. The second-order valence-electron chi connectivity index (χ2n) is 4.08. The molecule has 0 spiro atoms. The van der Waals surface area contributed by atoms with Crippen LogP contribution in [0.2, 0.25) is 0 Å². The summed E-state index contributed by atoms with van der Waals surface area (Å²) in [6.45, 7) is 2.48. The Morgan fingerprint density at radius 3 is 2.69 bits per heavy atom. The third-order valence-corrected chi connectivity index (χ3v) is 2.60. The number of carbonyl (C=O) groups is 1. The predicted octanol–water partition coefficient (Wildman–Crippen LogP) is -0.797. The fourth-order valence-electron chi connectivity index (χ4n) is 1.75. The lowest BCUT2D eigenvalue weighted by atomic mass is 10.2. The smallest absolute Gasteiger partial charge is 0.214 e. The summed E-state index contributed by atoms with van der Waals surface area (Å²) in [6.07, 6.45) is -1.55. The van der Waals surface area contributed by atoms with Gasteiger partial charge in [-0.25, -0.2) is 0 Å². The number of aliphatic hydroxyl groups excluding tert-OH is 2. The minimum atomic E-state index is -0.774. The molecule has 6 heteroatoms. The summed E-state index contributed by atoms with van der Waals surface area (Å²) >= 11 is 0. The molecule has 6 nitrogen and oxygen atoms in total. The van der Waals surface area contributed by atoms with Crippen LogP contribution >= 0.6 is 0 Å². The van der Waals surface area contributed by atoms with Crippen molar-refractivity contribution in [1.82, 2.24) is 10.1 Å². The van der Waals surface area contributed by atoms with Gasteiger partial charge >= 0.3 is 0 Å². The Morgan fingerprint density at radius 2 is 2.19 bits per heavy atom. The first-order chi connectivity index (χ1) is 7.56. The zero-order valence-corrected chi connectivity index (χ0v) is 8.96. The van der Waals surface area contributed by atoms with Crippen LogP contribution in [0.3, 0.4) is 0 Å². The van der Waals surface area contributed by atoms with E-state index < -0.39 is 12.2 Å². The number of Topliss-reactive ketones (excluding diaryl/α,β-unsaturated/α-hetero) is 1. The molecular formula is C10H14N2O4. The van der Waals surface area contributed by atoms with Crippen molar-refractivity contribution in [3.05, 3.63) is 17.5 Å². The molecule has 1 fully saturated rings. The van der Waals surface area contributed by atoms with Gasteiger partial charge in [0.25, 0.3) is 0 Å². The van der Waals surface area contributed by atoms with Crippen LogP contribution in [-0.2, 0) is 0 Å². The normalized spacial score (nSPS) is 26.2. The van der Waals surface area contributed by atoms with Gasteiger partial charge in [0.05, 0.1) is 24.4 Å². The van der Waals surface area contributed by atoms with Crippen LogP contribution in [0.25, 0.3) is 0 Å². The Balaban J connectivity index is 1.93. The molecule has 2 heterocycles. The first-order valence-electron chi connectivity index (χ1n) is 5.11. The van der Waals surface area contributed by atoms with Crippen molar-refractivity contribution in [2.45, 2.75) is 19.1 Å². The van der Waals surface area contributed by atoms with E-state index in [0.29, 0.717) is 18.8 Å². The van der Waals surface area contributed by atoms with Crippen LogP contribution in [-0.4, -0.2) is 57.9 Å². The van der Waals surface area contributed by atoms with Crippen LogP contribution in [0.5, 0.6) is 0 Å². The van der Waals surface area contributed by atoms with E-state index in [1.807, 2.05) is 0 Å². The highest BCUT2D eigenvalue weighted by atomic mass is 16.5. The van der Waals surface area contributed by atoms with E-state index in [2.05, 4.69) is 5.16 Å². The second-order valence-corrected chi connectivity index (χ2v) is 4.08. The van der Waals surface area contributed by atoms with Crippen molar-refractivity contribution in [2.75, 3.05) is 19.6 Å². The molecule has 0 bridgehead atoms. The van der Waals surface area contributed by atoms with E-state index in [9.17, 15) is 15.0 Å². The number of carbonyl (C=O) groups excluding carboxylic acids is 1. The Hall–Kier alpha value is -1.24. The SMILES string of the molecule is Cc1cc(C(=O)CN2CC(O)C(O)C2)on1. The molecular weight excluding hydrogens is 212 g/mol. The van der Waals surface area contributed by atoms with Crippen LogP contribution in [0.4, 0.5) is 0 Å². The van der Waals surface area contributed by atoms with Gasteiger partial charge in [0, 0.05) is 19.2 Å². The molecule has 1 aliphatic rings. The van der Waals surface area contributed by atoms with Crippen molar-refractivity contribution in [3.8, 4) is 0 Å². The zero-order valence-electron chi connectivity index (χ0n) is 8.96. The number of hydrogen-bond donors (Lipinski definition) is 2. The highest BCUT2D eigenvalue weighted by molar-refractivity contribution is 5.95.